The van der Waals surface area contributed by atoms with Crippen LogP contribution in [0.4, 0.5) is 0 Å². The zero-order valence-corrected chi connectivity index (χ0v) is 11.5. The molecule has 2 atom stereocenters. The molecule has 1 aromatic heterocycles. The first-order valence-corrected chi connectivity index (χ1v) is 6.71. The fraction of sp³-hybridized carbons (Fsp3) is 0.692. The summed E-state index contributed by atoms with van der Waals surface area (Å²) in [7, 11) is 0. The number of aryl methyl sites for hydroxylation is 1. The van der Waals surface area contributed by atoms with Gasteiger partial charge in [0.15, 0.2) is 0 Å². The van der Waals surface area contributed by atoms with Gasteiger partial charge in [0.05, 0.1) is 25.3 Å². The second-order valence-corrected chi connectivity index (χ2v) is 4.82. The van der Waals surface area contributed by atoms with Crippen LogP contribution < -0.4 is 0 Å². The summed E-state index contributed by atoms with van der Waals surface area (Å²) in [5.74, 6) is -1.20. The van der Waals surface area contributed by atoms with Gasteiger partial charge in [-0.05, 0) is 13.5 Å². The third kappa shape index (κ3) is 3.13. The van der Waals surface area contributed by atoms with Gasteiger partial charge in [-0.2, -0.15) is 5.10 Å². The average Bonchev–Trinajstić information content (AvgIpc) is 3.04. The summed E-state index contributed by atoms with van der Waals surface area (Å²) in [6, 6.07) is -0.0486. The molecule has 0 bridgehead atoms. The molecule has 0 aliphatic carbocycles. The van der Waals surface area contributed by atoms with Crippen LogP contribution in [0.1, 0.15) is 19.4 Å². The van der Waals surface area contributed by atoms with Gasteiger partial charge in [0.25, 0.3) is 0 Å². The number of carboxylic acid groups (broad SMARTS) is 1. The molecule has 0 aromatic carbocycles. The Balaban J connectivity index is 2.05. The van der Waals surface area contributed by atoms with Gasteiger partial charge in [0, 0.05) is 30.9 Å². The van der Waals surface area contributed by atoms with E-state index in [9.17, 15) is 9.90 Å². The molecule has 0 radical (unpaired) electrons. The van der Waals surface area contributed by atoms with E-state index in [1.807, 2.05) is 30.9 Å². The van der Waals surface area contributed by atoms with Crippen LogP contribution in [0.5, 0.6) is 0 Å². The van der Waals surface area contributed by atoms with E-state index in [1.54, 1.807) is 0 Å². The highest BCUT2D eigenvalue weighted by Crippen LogP contribution is 2.21. The van der Waals surface area contributed by atoms with E-state index in [0.717, 1.165) is 18.7 Å². The predicted octanol–water partition coefficient (Wildman–Crippen LogP) is 0.825. The molecular formula is C13H21N3O3. The molecule has 0 saturated carbocycles. The highest BCUT2D eigenvalue weighted by molar-refractivity contribution is 5.71. The lowest BCUT2D eigenvalue weighted by atomic mass is 10.0. The molecule has 2 heterocycles. The Hall–Kier alpha value is -1.40. The molecular weight excluding hydrogens is 246 g/mol. The molecule has 6 heteroatoms. The molecule has 0 amide bonds. The summed E-state index contributed by atoms with van der Waals surface area (Å²) in [5.41, 5.74) is 1.11. The van der Waals surface area contributed by atoms with E-state index in [1.165, 1.54) is 0 Å². The zero-order valence-electron chi connectivity index (χ0n) is 11.5. The Bertz CT molecular complexity index is 433. The fourth-order valence-electron chi connectivity index (χ4n) is 2.50. The standard InChI is InChI=1S/C13H21N3O3/c1-3-15(6-10-5-14-16(4-2)7-10)12-9-19-8-11(12)13(17)18/h5,7,11-12H,3-4,6,8-9H2,1-2H3,(H,17,18). The van der Waals surface area contributed by atoms with Crippen molar-refractivity contribution in [2.75, 3.05) is 19.8 Å². The topological polar surface area (TPSA) is 67.6 Å². The number of likely N-dealkylation sites (N-methyl/N-ethyl adjacent to an activating group) is 1. The van der Waals surface area contributed by atoms with Gasteiger partial charge in [-0.25, -0.2) is 0 Å². The van der Waals surface area contributed by atoms with Crippen molar-refractivity contribution < 1.29 is 14.6 Å². The number of hydrogen-bond donors (Lipinski definition) is 1. The van der Waals surface area contributed by atoms with Crippen molar-refractivity contribution in [2.24, 2.45) is 5.92 Å². The van der Waals surface area contributed by atoms with Crippen LogP contribution >= 0.6 is 0 Å². The minimum Gasteiger partial charge on any atom is -0.481 e. The lowest BCUT2D eigenvalue weighted by Gasteiger charge is -2.28. The van der Waals surface area contributed by atoms with Crippen LogP contribution in [-0.4, -0.2) is 51.6 Å². The fourth-order valence-corrected chi connectivity index (χ4v) is 2.50. The first kappa shape index (κ1) is 14.0. The number of carbonyl (C=O) groups is 1. The van der Waals surface area contributed by atoms with Gasteiger partial charge in [-0.3, -0.25) is 14.4 Å². The van der Waals surface area contributed by atoms with Crippen molar-refractivity contribution in [3.05, 3.63) is 18.0 Å². The molecule has 1 fully saturated rings. The number of carboxylic acids is 1. The molecule has 19 heavy (non-hydrogen) atoms. The maximum atomic E-state index is 11.2. The maximum Gasteiger partial charge on any atom is 0.310 e. The largest absolute Gasteiger partial charge is 0.481 e. The molecule has 1 aliphatic heterocycles. The van der Waals surface area contributed by atoms with Crippen molar-refractivity contribution in [3.63, 3.8) is 0 Å². The molecule has 1 aliphatic rings. The third-order valence-electron chi connectivity index (χ3n) is 3.64. The van der Waals surface area contributed by atoms with Crippen molar-refractivity contribution in [1.29, 1.82) is 0 Å². The highest BCUT2D eigenvalue weighted by atomic mass is 16.5. The molecule has 2 unspecified atom stereocenters. The van der Waals surface area contributed by atoms with E-state index in [-0.39, 0.29) is 6.04 Å². The molecule has 106 valence electrons. The van der Waals surface area contributed by atoms with Crippen LogP contribution in [0, 0.1) is 5.92 Å². The first-order chi connectivity index (χ1) is 9.15. The van der Waals surface area contributed by atoms with Crippen LogP contribution in [0.25, 0.3) is 0 Å². The Kier molecular flexibility index (Phi) is 4.55. The first-order valence-electron chi connectivity index (χ1n) is 6.71. The van der Waals surface area contributed by atoms with Crippen LogP contribution in [0.2, 0.25) is 0 Å². The van der Waals surface area contributed by atoms with E-state index in [2.05, 4.69) is 10.00 Å². The third-order valence-corrected chi connectivity index (χ3v) is 3.64. The molecule has 1 aromatic rings. The minimum atomic E-state index is -0.773. The van der Waals surface area contributed by atoms with E-state index in [4.69, 9.17) is 4.74 Å². The van der Waals surface area contributed by atoms with Crippen LogP contribution in [0.15, 0.2) is 12.4 Å². The Morgan fingerprint density at radius 2 is 2.37 bits per heavy atom. The van der Waals surface area contributed by atoms with Crippen LogP contribution in [-0.2, 0) is 22.6 Å². The summed E-state index contributed by atoms with van der Waals surface area (Å²) in [6.07, 6.45) is 3.85. The molecule has 0 spiro atoms. The van der Waals surface area contributed by atoms with Crippen molar-refractivity contribution in [1.82, 2.24) is 14.7 Å². The maximum absolute atomic E-state index is 11.2. The molecule has 1 saturated heterocycles. The normalized spacial score (nSPS) is 23.1. The predicted molar refractivity (Wildman–Crippen MR) is 69.7 cm³/mol. The Morgan fingerprint density at radius 3 is 2.95 bits per heavy atom. The number of ether oxygens (including phenoxy) is 1. The number of rotatable bonds is 6. The molecule has 6 nitrogen and oxygen atoms in total. The SMILES string of the molecule is CCN(Cc1cnn(CC)c1)C1COCC1C(=O)O. The van der Waals surface area contributed by atoms with Gasteiger partial charge < -0.3 is 9.84 Å². The quantitative estimate of drug-likeness (QED) is 0.826. The monoisotopic (exact) mass is 267 g/mol. The smallest absolute Gasteiger partial charge is 0.310 e. The van der Waals surface area contributed by atoms with Gasteiger partial charge in [0.1, 0.15) is 0 Å². The van der Waals surface area contributed by atoms with E-state index >= 15 is 0 Å². The zero-order chi connectivity index (χ0) is 13.8. The second kappa shape index (κ2) is 6.16. The van der Waals surface area contributed by atoms with Gasteiger partial charge in [0.2, 0.25) is 0 Å². The van der Waals surface area contributed by atoms with Crippen molar-refractivity contribution in [2.45, 2.75) is 33.0 Å². The highest BCUT2D eigenvalue weighted by Gasteiger charge is 2.37. The summed E-state index contributed by atoms with van der Waals surface area (Å²) < 4.78 is 7.21. The van der Waals surface area contributed by atoms with Crippen molar-refractivity contribution >= 4 is 5.97 Å². The lowest BCUT2D eigenvalue weighted by Crippen LogP contribution is -2.42. The van der Waals surface area contributed by atoms with Gasteiger partial charge in [-0.1, -0.05) is 6.92 Å². The number of hydrogen-bond acceptors (Lipinski definition) is 4. The van der Waals surface area contributed by atoms with E-state index < -0.39 is 11.9 Å². The van der Waals surface area contributed by atoms with Gasteiger partial charge >= 0.3 is 5.97 Å². The summed E-state index contributed by atoms with van der Waals surface area (Å²) in [6.45, 7) is 7.25. The molecule has 1 N–H and O–H groups in total. The lowest BCUT2D eigenvalue weighted by molar-refractivity contribution is -0.143. The number of nitrogens with zero attached hydrogens (tertiary/aromatic N) is 3. The van der Waals surface area contributed by atoms with Gasteiger partial charge in [-0.15, -0.1) is 0 Å². The minimum absolute atomic E-state index is 0.0486. The van der Waals surface area contributed by atoms with Crippen LogP contribution in [0.3, 0.4) is 0 Å². The summed E-state index contributed by atoms with van der Waals surface area (Å²) in [4.78, 5) is 13.4. The Labute approximate surface area is 113 Å². The van der Waals surface area contributed by atoms with Crippen molar-refractivity contribution in [3.8, 4) is 0 Å². The Morgan fingerprint density at radius 1 is 1.58 bits per heavy atom. The number of aliphatic carboxylic acids is 1. The summed E-state index contributed by atoms with van der Waals surface area (Å²) in [5, 5.41) is 13.5. The average molecular weight is 267 g/mol. The second-order valence-electron chi connectivity index (χ2n) is 4.82. The van der Waals surface area contributed by atoms with E-state index in [0.29, 0.717) is 19.8 Å². The summed E-state index contributed by atoms with van der Waals surface area (Å²) >= 11 is 0. The number of aromatic nitrogens is 2. The molecule has 2 rings (SSSR count).